The van der Waals surface area contributed by atoms with Crippen LogP contribution in [-0.2, 0) is 19.5 Å². The molecule has 1 saturated heterocycles. The van der Waals surface area contributed by atoms with Crippen LogP contribution in [0.4, 0.5) is 0 Å². The minimum Gasteiger partial charge on any atom is -0.312 e. The molecule has 3 fully saturated rings. The molecule has 5 N–H and O–H groups in total. The Hall–Kier alpha value is -0.227. The normalized spacial score (nSPS) is 37.4. The molecule has 7 nitrogen and oxygen atoms in total. The van der Waals surface area contributed by atoms with Crippen LogP contribution >= 0.6 is 0 Å². The van der Waals surface area contributed by atoms with Gasteiger partial charge in [-0.3, -0.25) is 0 Å². The molecule has 6 unspecified atom stereocenters. The summed E-state index contributed by atoms with van der Waals surface area (Å²) >= 11 is 0. The first kappa shape index (κ1) is 25.8. The van der Waals surface area contributed by atoms with Crippen LogP contribution in [0.3, 0.4) is 0 Å². The quantitative estimate of drug-likeness (QED) is 0.171. The fraction of sp³-hybridized carbons (Fsp3) is 1.00. The van der Waals surface area contributed by atoms with E-state index in [1.807, 2.05) is 0 Å². The fourth-order valence-corrected chi connectivity index (χ4v) is 5.02. The van der Waals surface area contributed by atoms with E-state index in [0.29, 0.717) is 36.3 Å². The molecule has 0 amide bonds. The molecule has 0 aromatic carbocycles. The van der Waals surface area contributed by atoms with E-state index in [4.69, 9.17) is 11.1 Å². The summed E-state index contributed by atoms with van der Waals surface area (Å²) < 4.78 is 0. The van der Waals surface area contributed by atoms with Gasteiger partial charge in [0.2, 0.25) is 0 Å². The maximum atomic E-state index is 6.86. The van der Waals surface area contributed by atoms with E-state index in [1.165, 1.54) is 64.2 Å². The number of nitrogens with one attached hydrogen (secondary N) is 5. The monoisotopic (exact) mass is 443 g/mol. The molecule has 8 heteroatoms. The molecule has 1 heterocycles. The number of hydrogen-bond acceptors (Lipinski definition) is 5. The second-order valence-electron chi connectivity index (χ2n) is 8.72. The zero-order chi connectivity index (χ0) is 19.5. The second kappa shape index (κ2) is 14.7. The molecule has 28 heavy (non-hydrogen) atoms. The van der Waals surface area contributed by atoms with Crippen molar-refractivity contribution in [3.63, 3.8) is 0 Å². The number of hydrogen-bond donors (Lipinski definition) is 5. The van der Waals surface area contributed by atoms with Gasteiger partial charge >= 0.3 is 0 Å². The third-order valence-electron chi connectivity index (χ3n) is 6.50. The first-order valence-electron chi connectivity index (χ1n) is 11.1. The van der Waals surface area contributed by atoms with E-state index >= 15 is 0 Å². The van der Waals surface area contributed by atoms with Crippen molar-refractivity contribution in [2.24, 2.45) is 0 Å². The summed E-state index contributed by atoms with van der Waals surface area (Å²) in [7, 11) is 0. The molecule has 0 radical (unpaired) electrons. The molecular weight excluding hydrogens is 404 g/mol. The SMILES string of the molecule is CC1CCNC2CCCCC2NC(C)CCNC2CCCCC2N1.[N-]=[N+]=N.[Zn]. The first-order chi connectivity index (χ1) is 13.1. The number of nitrogens with zero attached hydrogens (tertiary/aromatic N) is 2. The molecule has 2 saturated carbocycles. The van der Waals surface area contributed by atoms with Crippen LogP contribution in [0.5, 0.6) is 0 Å². The van der Waals surface area contributed by atoms with Crippen molar-refractivity contribution in [1.29, 1.82) is 5.53 Å². The van der Waals surface area contributed by atoms with E-state index in [9.17, 15) is 0 Å². The van der Waals surface area contributed by atoms with Gasteiger partial charge in [0.25, 0.3) is 0 Å². The van der Waals surface area contributed by atoms with E-state index in [1.54, 1.807) is 4.91 Å². The summed E-state index contributed by atoms with van der Waals surface area (Å²) in [6.45, 7) is 7.04. The molecule has 1 aliphatic heterocycles. The molecule has 158 valence electrons. The molecule has 0 bridgehead atoms. The van der Waals surface area contributed by atoms with Gasteiger partial charge in [-0.1, -0.05) is 25.7 Å². The van der Waals surface area contributed by atoms with Crippen molar-refractivity contribution in [2.45, 2.75) is 114 Å². The van der Waals surface area contributed by atoms with Crippen LogP contribution in [0.2, 0.25) is 0 Å². The fourth-order valence-electron chi connectivity index (χ4n) is 5.02. The van der Waals surface area contributed by atoms with E-state index < -0.39 is 0 Å². The molecule has 0 aromatic heterocycles. The Labute approximate surface area is 184 Å². The Morgan fingerprint density at radius 2 is 1.00 bits per heavy atom. The predicted octanol–water partition coefficient (Wildman–Crippen LogP) is 3.41. The van der Waals surface area contributed by atoms with E-state index in [-0.39, 0.29) is 19.5 Å². The van der Waals surface area contributed by atoms with Gasteiger partial charge in [-0.05, 0) is 75.9 Å². The van der Waals surface area contributed by atoms with Crippen molar-refractivity contribution in [1.82, 2.24) is 21.3 Å². The Morgan fingerprint density at radius 3 is 1.36 bits per heavy atom. The van der Waals surface area contributed by atoms with Gasteiger partial charge in [0.05, 0.1) is 0 Å². The second-order valence-corrected chi connectivity index (χ2v) is 8.72. The Balaban J connectivity index is 0.000000921. The van der Waals surface area contributed by atoms with E-state index in [0.717, 1.165) is 13.1 Å². The average Bonchev–Trinajstić information content (AvgIpc) is 2.65. The number of fused-ring (bicyclic) bond motifs is 2. The number of rotatable bonds is 0. The van der Waals surface area contributed by atoms with Crippen LogP contribution in [0.15, 0.2) is 0 Å². The Bertz CT molecular complexity index is 410. The van der Waals surface area contributed by atoms with Crippen molar-refractivity contribution in [3.8, 4) is 0 Å². The molecular formula is C20H41N7Zn. The maximum absolute atomic E-state index is 6.86. The molecule has 3 aliphatic rings. The summed E-state index contributed by atoms with van der Waals surface area (Å²) in [4.78, 5) is 1.75. The van der Waals surface area contributed by atoms with Gasteiger partial charge < -0.3 is 21.3 Å². The minimum absolute atomic E-state index is 0. The maximum Gasteiger partial charge on any atom is 0.0223 e. The molecule has 6 atom stereocenters. The van der Waals surface area contributed by atoms with Crippen molar-refractivity contribution < 1.29 is 19.5 Å². The van der Waals surface area contributed by atoms with Gasteiger partial charge in [0.15, 0.2) is 0 Å². The minimum atomic E-state index is 0. The Morgan fingerprint density at radius 1 is 0.679 bits per heavy atom. The molecule has 3 rings (SSSR count). The summed E-state index contributed by atoms with van der Waals surface area (Å²) in [6, 6.07) is 3.91. The van der Waals surface area contributed by atoms with Crippen LogP contribution in [0, 0.1) is 5.53 Å². The van der Waals surface area contributed by atoms with Crippen LogP contribution in [-0.4, -0.2) is 49.3 Å². The topological polar surface area (TPSA) is 108 Å². The molecule has 2 aliphatic carbocycles. The zero-order valence-corrected chi connectivity index (χ0v) is 21.0. The van der Waals surface area contributed by atoms with Gasteiger partial charge in [-0.15, -0.1) is 5.53 Å². The average molecular weight is 445 g/mol. The van der Waals surface area contributed by atoms with Crippen LogP contribution in [0.25, 0.3) is 10.4 Å². The molecule has 0 aromatic rings. The van der Waals surface area contributed by atoms with Crippen LogP contribution < -0.4 is 21.3 Å². The zero-order valence-electron chi connectivity index (χ0n) is 18.1. The van der Waals surface area contributed by atoms with Crippen molar-refractivity contribution in [2.75, 3.05) is 13.1 Å². The van der Waals surface area contributed by atoms with E-state index in [2.05, 4.69) is 35.1 Å². The standard InChI is InChI=1S/C20H40N4.HN3.Zn/c1-15-11-13-21-18-8-4-6-10-20(18)24-16(2)12-14-22-17-7-3-5-9-19(17)23-15;1-3-2;/h15-24H,3-14H2,1-2H3;1H;. The summed E-state index contributed by atoms with van der Waals surface area (Å²) in [5, 5.41) is 15.6. The van der Waals surface area contributed by atoms with Crippen LogP contribution in [0.1, 0.15) is 78.1 Å². The Kier molecular flexibility index (Phi) is 13.6. The summed E-state index contributed by atoms with van der Waals surface area (Å²) in [5.74, 6) is 0. The first-order valence-corrected chi connectivity index (χ1v) is 11.1. The van der Waals surface area contributed by atoms with Crippen molar-refractivity contribution >= 4 is 0 Å². The third kappa shape index (κ3) is 9.06. The summed E-state index contributed by atoms with van der Waals surface area (Å²) in [6.07, 6.45) is 13.4. The smallest absolute Gasteiger partial charge is 0.0223 e. The molecule has 0 spiro atoms. The van der Waals surface area contributed by atoms with Gasteiger partial charge in [-0.2, -0.15) is 0 Å². The predicted molar refractivity (Wildman–Crippen MR) is 112 cm³/mol. The van der Waals surface area contributed by atoms with Gasteiger partial charge in [0.1, 0.15) is 0 Å². The third-order valence-corrected chi connectivity index (χ3v) is 6.50. The van der Waals surface area contributed by atoms with Gasteiger partial charge in [-0.25, -0.2) is 0 Å². The summed E-state index contributed by atoms with van der Waals surface area (Å²) in [5.41, 5.74) is 12.2. The van der Waals surface area contributed by atoms with Crippen molar-refractivity contribution in [3.05, 3.63) is 10.4 Å². The van der Waals surface area contributed by atoms with Gasteiger partial charge in [0, 0.05) is 55.7 Å². The largest absolute Gasteiger partial charge is 0.312 e.